The highest BCUT2D eigenvalue weighted by Crippen LogP contribution is 2.20. The van der Waals surface area contributed by atoms with Gasteiger partial charge in [-0.1, -0.05) is 0 Å². The standard InChI is InChI=1S/C13H19N3O3/c1-8-10(7-14-9(2)15-8)12(19)16(5)13(3,4)6-11(17)18/h7H,6H2,1-5H3,(H,17,18). The van der Waals surface area contributed by atoms with E-state index in [-0.39, 0.29) is 12.3 Å². The first-order valence-electron chi connectivity index (χ1n) is 5.95. The summed E-state index contributed by atoms with van der Waals surface area (Å²) in [6.45, 7) is 6.91. The van der Waals surface area contributed by atoms with E-state index < -0.39 is 11.5 Å². The first kappa shape index (κ1) is 15.1. The summed E-state index contributed by atoms with van der Waals surface area (Å²) in [5.41, 5.74) is 0.210. The Hall–Kier alpha value is -1.98. The molecule has 0 fully saturated rings. The maximum Gasteiger partial charge on any atom is 0.305 e. The van der Waals surface area contributed by atoms with E-state index in [2.05, 4.69) is 9.97 Å². The summed E-state index contributed by atoms with van der Waals surface area (Å²) in [6.07, 6.45) is 1.36. The number of hydrogen-bond donors (Lipinski definition) is 1. The molecule has 1 N–H and O–H groups in total. The van der Waals surface area contributed by atoms with Crippen LogP contribution in [0.4, 0.5) is 0 Å². The SMILES string of the molecule is Cc1ncc(C(=O)N(C)C(C)(C)CC(=O)O)c(C)n1. The number of amides is 1. The number of aromatic nitrogens is 2. The van der Waals surface area contributed by atoms with Gasteiger partial charge in [-0.15, -0.1) is 0 Å². The third-order valence-electron chi connectivity index (χ3n) is 3.13. The highest BCUT2D eigenvalue weighted by molar-refractivity contribution is 5.95. The first-order valence-corrected chi connectivity index (χ1v) is 5.95. The van der Waals surface area contributed by atoms with Crippen molar-refractivity contribution in [3.05, 3.63) is 23.3 Å². The Labute approximate surface area is 112 Å². The van der Waals surface area contributed by atoms with Gasteiger partial charge in [0.05, 0.1) is 17.7 Å². The van der Waals surface area contributed by atoms with Crippen molar-refractivity contribution in [2.45, 2.75) is 39.7 Å². The molecule has 1 rings (SSSR count). The summed E-state index contributed by atoms with van der Waals surface area (Å²) in [4.78, 5) is 32.8. The van der Waals surface area contributed by atoms with Gasteiger partial charge in [0.25, 0.3) is 5.91 Å². The lowest BCUT2D eigenvalue weighted by Crippen LogP contribution is -2.46. The maximum absolute atomic E-state index is 12.4. The van der Waals surface area contributed by atoms with Crippen LogP contribution in [-0.2, 0) is 4.79 Å². The fourth-order valence-corrected chi connectivity index (χ4v) is 1.74. The molecule has 0 spiro atoms. The second kappa shape index (κ2) is 5.34. The van der Waals surface area contributed by atoms with Crippen LogP contribution in [0.1, 0.15) is 42.1 Å². The van der Waals surface area contributed by atoms with Crippen molar-refractivity contribution in [3.8, 4) is 0 Å². The van der Waals surface area contributed by atoms with E-state index in [1.54, 1.807) is 34.7 Å². The number of hydrogen-bond acceptors (Lipinski definition) is 4. The number of carboxylic acids is 1. The van der Waals surface area contributed by atoms with Gasteiger partial charge in [0.2, 0.25) is 0 Å². The normalized spacial score (nSPS) is 11.2. The maximum atomic E-state index is 12.4. The Morgan fingerprint density at radius 1 is 1.37 bits per heavy atom. The summed E-state index contributed by atoms with van der Waals surface area (Å²) in [5.74, 6) is -0.619. The summed E-state index contributed by atoms with van der Waals surface area (Å²) in [5, 5.41) is 8.88. The Morgan fingerprint density at radius 3 is 2.42 bits per heavy atom. The number of carbonyl (C=O) groups is 2. The Bertz CT molecular complexity index is 512. The van der Waals surface area contributed by atoms with Gasteiger partial charge in [-0.2, -0.15) is 0 Å². The van der Waals surface area contributed by atoms with Crippen molar-refractivity contribution in [2.75, 3.05) is 7.05 Å². The van der Waals surface area contributed by atoms with Crippen LogP contribution in [0, 0.1) is 13.8 Å². The van der Waals surface area contributed by atoms with E-state index in [0.29, 0.717) is 17.1 Å². The molecule has 1 aromatic rings. The van der Waals surface area contributed by atoms with E-state index in [1.807, 2.05) is 0 Å². The average Bonchev–Trinajstić information content (AvgIpc) is 2.25. The monoisotopic (exact) mass is 265 g/mol. The van der Waals surface area contributed by atoms with Gasteiger partial charge in [-0.25, -0.2) is 9.97 Å². The van der Waals surface area contributed by atoms with Crippen molar-refractivity contribution in [1.82, 2.24) is 14.9 Å². The summed E-state index contributed by atoms with van der Waals surface area (Å²) < 4.78 is 0. The number of rotatable bonds is 4. The molecule has 104 valence electrons. The molecule has 1 heterocycles. The van der Waals surface area contributed by atoms with Gasteiger partial charge < -0.3 is 10.0 Å². The zero-order chi connectivity index (χ0) is 14.8. The van der Waals surface area contributed by atoms with E-state index in [0.717, 1.165) is 0 Å². The Balaban J connectivity index is 3.02. The molecular weight excluding hydrogens is 246 g/mol. The summed E-state index contributed by atoms with van der Waals surface area (Å²) >= 11 is 0. The lowest BCUT2D eigenvalue weighted by Gasteiger charge is -2.34. The second-order valence-electron chi connectivity index (χ2n) is 5.16. The summed E-state index contributed by atoms with van der Waals surface area (Å²) in [7, 11) is 1.59. The summed E-state index contributed by atoms with van der Waals surface area (Å²) in [6, 6.07) is 0. The van der Waals surface area contributed by atoms with Gasteiger partial charge in [-0.3, -0.25) is 9.59 Å². The predicted octanol–water partition coefficient (Wildman–Crippen LogP) is 1.42. The predicted molar refractivity (Wildman–Crippen MR) is 69.9 cm³/mol. The average molecular weight is 265 g/mol. The number of carboxylic acid groups (broad SMARTS) is 1. The molecule has 1 aromatic heterocycles. The fourth-order valence-electron chi connectivity index (χ4n) is 1.74. The van der Waals surface area contributed by atoms with Crippen LogP contribution in [0.5, 0.6) is 0 Å². The minimum Gasteiger partial charge on any atom is -0.481 e. The zero-order valence-electron chi connectivity index (χ0n) is 11.9. The van der Waals surface area contributed by atoms with E-state index in [9.17, 15) is 9.59 Å². The Kier molecular flexibility index (Phi) is 4.24. The molecule has 0 saturated heterocycles. The molecule has 0 aliphatic carbocycles. The lowest BCUT2D eigenvalue weighted by atomic mass is 9.97. The van der Waals surface area contributed by atoms with Gasteiger partial charge >= 0.3 is 5.97 Å². The molecule has 0 saturated carbocycles. The minimum absolute atomic E-state index is 0.124. The molecular formula is C13H19N3O3. The van der Waals surface area contributed by atoms with E-state index >= 15 is 0 Å². The molecule has 0 radical (unpaired) electrons. The van der Waals surface area contributed by atoms with Crippen LogP contribution >= 0.6 is 0 Å². The van der Waals surface area contributed by atoms with Crippen LogP contribution in [0.15, 0.2) is 6.20 Å². The third kappa shape index (κ3) is 3.49. The molecule has 1 amide bonds. The van der Waals surface area contributed by atoms with Crippen LogP contribution in [0.25, 0.3) is 0 Å². The molecule has 0 bridgehead atoms. The number of nitrogens with zero attached hydrogens (tertiary/aromatic N) is 3. The van der Waals surface area contributed by atoms with Crippen LogP contribution in [-0.4, -0.2) is 44.4 Å². The number of carbonyl (C=O) groups excluding carboxylic acids is 1. The smallest absolute Gasteiger partial charge is 0.305 e. The first-order chi connectivity index (χ1) is 8.65. The van der Waals surface area contributed by atoms with E-state index in [1.165, 1.54) is 11.1 Å². The van der Waals surface area contributed by atoms with Gasteiger partial charge in [-0.05, 0) is 27.7 Å². The van der Waals surface area contributed by atoms with Crippen LogP contribution in [0.2, 0.25) is 0 Å². The quantitative estimate of drug-likeness (QED) is 0.890. The third-order valence-corrected chi connectivity index (χ3v) is 3.13. The second-order valence-corrected chi connectivity index (χ2v) is 5.16. The molecule has 6 heteroatoms. The number of aliphatic carboxylic acids is 1. The van der Waals surface area contributed by atoms with Crippen molar-refractivity contribution in [3.63, 3.8) is 0 Å². The topological polar surface area (TPSA) is 83.4 Å². The number of aryl methyl sites for hydroxylation is 2. The highest BCUT2D eigenvalue weighted by atomic mass is 16.4. The molecule has 0 aliphatic rings. The van der Waals surface area contributed by atoms with Crippen LogP contribution in [0.3, 0.4) is 0 Å². The molecule has 0 atom stereocenters. The van der Waals surface area contributed by atoms with Crippen molar-refractivity contribution in [1.29, 1.82) is 0 Å². The van der Waals surface area contributed by atoms with Crippen molar-refractivity contribution >= 4 is 11.9 Å². The van der Waals surface area contributed by atoms with Crippen LogP contribution < -0.4 is 0 Å². The highest BCUT2D eigenvalue weighted by Gasteiger charge is 2.31. The van der Waals surface area contributed by atoms with Crippen molar-refractivity contribution < 1.29 is 14.7 Å². The van der Waals surface area contributed by atoms with Gasteiger partial charge in [0.1, 0.15) is 5.82 Å². The van der Waals surface area contributed by atoms with Gasteiger partial charge in [0.15, 0.2) is 0 Å². The molecule has 6 nitrogen and oxygen atoms in total. The molecule has 0 aromatic carbocycles. The van der Waals surface area contributed by atoms with Gasteiger partial charge in [0, 0.05) is 18.8 Å². The van der Waals surface area contributed by atoms with E-state index in [4.69, 9.17) is 5.11 Å². The molecule has 0 unspecified atom stereocenters. The minimum atomic E-state index is -0.943. The Morgan fingerprint density at radius 2 is 1.95 bits per heavy atom. The van der Waals surface area contributed by atoms with Crippen molar-refractivity contribution in [2.24, 2.45) is 0 Å². The largest absolute Gasteiger partial charge is 0.481 e. The zero-order valence-corrected chi connectivity index (χ0v) is 11.9. The lowest BCUT2D eigenvalue weighted by molar-refractivity contribution is -0.139. The molecule has 19 heavy (non-hydrogen) atoms. The molecule has 0 aliphatic heterocycles. The fraction of sp³-hybridized carbons (Fsp3) is 0.538.